The molecule has 3 rings (SSSR count). The highest BCUT2D eigenvalue weighted by molar-refractivity contribution is 5.80. The Bertz CT molecular complexity index is 469. The molecule has 1 saturated heterocycles. The van der Waals surface area contributed by atoms with Gasteiger partial charge in [0.2, 0.25) is 5.91 Å². The molecule has 0 bridgehead atoms. The molecular formula is C20H37N5O. The molecule has 1 atom stereocenters. The fourth-order valence-corrected chi connectivity index (χ4v) is 4.83. The Labute approximate surface area is 158 Å². The Kier molecular flexibility index (Phi) is 7.59. The first kappa shape index (κ1) is 19.5. The summed E-state index contributed by atoms with van der Waals surface area (Å²) in [5.74, 6) is 1.67. The van der Waals surface area contributed by atoms with E-state index in [9.17, 15) is 4.79 Å². The van der Waals surface area contributed by atoms with Gasteiger partial charge in [-0.25, -0.2) is 0 Å². The summed E-state index contributed by atoms with van der Waals surface area (Å²) in [7, 11) is 1.82. The second kappa shape index (κ2) is 10.1. The van der Waals surface area contributed by atoms with Crippen LogP contribution < -0.4 is 16.0 Å². The summed E-state index contributed by atoms with van der Waals surface area (Å²) in [6.07, 6.45) is 12.5. The van der Waals surface area contributed by atoms with Crippen molar-refractivity contribution in [1.29, 1.82) is 0 Å². The van der Waals surface area contributed by atoms with Crippen LogP contribution in [0.25, 0.3) is 0 Å². The number of carbonyl (C=O) groups is 1. The van der Waals surface area contributed by atoms with Crippen LogP contribution >= 0.6 is 0 Å². The molecule has 2 saturated carbocycles. The molecule has 148 valence electrons. The minimum atomic E-state index is 0.199. The van der Waals surface area contributed by atoms with Crippen molar-refractivity contribution in [3.05, 3.63) is 0 Å². The Balaban J connectivity index is 1.28. The van der Waals surface area contributed by atoms with Crippen molar-refractivity contribution in [1.82, 2.24) is 20.9 Å². The molecule has 3 aliphatic rings. The molecule has 1 unspecified atom stereocenters. The van der Waals surface area contributed by atoms with Crippen molar-refractivity contribution in [3.8, 4) is 0 Å². The molecule has 0 aromatic heterocycles. The van der Waals surface area contributed by atoms with Gasteiger partial charge in [-0.3, -0.25) is 14.7 Å². The van der Waals surface area contributed by atoms with Crippen LogP contribution in [0.3, 0.4) is 0 Å². The van der Waals surface area contributed by atoms with Crippen LogP contribution in [0.2, 0.25) is 0 Å². The molecule has 1 amide bonds. The minimum Gasteiger partial charge on any atom is -0.355 e. The molecule has 0 radical (unpaired) electrons. The maximum absolute atomic E-state index is 12.0. The van der Waals surface area contributed by atoms with E-state index in [1.54, 1.807) is 0 Å². The Morgan fingerprint density at radius 2 is 1.69 bits per heavy atom. The van der Waals surface area contributed by atoms with E-state index in [0.717, 1.165) is 25.1 Å². The molecule has 1 aliphatic heterocycles. The topological polar surface area (TPSA) is 68.8 Å². The van der Waals surface area contributed by atoms with Crippen LogP contribution in [0.4, 0.5) is 0 Å². The van der Waals surface area contributed by atoms with Crippen LogP contribution in [0.1, 0.15) is 64.2 Å². The number of hydrogen-bond acceptors (Lipinski definition) is 3. The van der Waals surface area contributed by atoms with Crippen LogP contribution in [0, 0.1) is 5.92 Å². The van der Waals surface area contributed by atoms with Gasteiger partial charge in [0.25, 0.3) is 0 Å². The van der Waals surface area contributed by atoms with Crippen LogP contribution in [-0.4, -0.2) is 62.1 Å². The van der Waals surface area contributed by atoms with E-state index in [-0.39, 0.29) is 5.91 Å². The van der Waals surface area contributed by atoms with Gasteiger partial charge in [0.15, 0.2) is 5.96 Å². The van der Waals surface area contributed by atoms with E-state index < -0.39 is 0 Å². The largest absolute Gasteiger partial charge is 0.355 e. The first-order valence-electron chi connectivity index (χ1n) is 10.7. The predicted octanol–water partition coefficient (Wildman–Crippen LogP) is 1.86. The lowest BCUT2D eigenvalue weighted by atomic mass is 10.0. The summed E-state index contributed by atoms with van der Waals surface area (Å²) in [5.41, 5.74) is 0. The molecule has 3 N–H and O–H groups in total. The van der Waals surface area contributed by atoms with Crippen molar-refractivity contribution in [2.24, 2.45) is 10.9 Å². The van der Waals surface area contributed by atoms with Crippen molar-refractivity contribution < 1.29 is 4.79 Å². The highest BCUT2D eigenvalue weighted by Crippen LogP contribution is 2.27. The quantitative estimate of drug-likeness (QED) is 0.367. The van der Waals surface area contributed by atoms with Gasteiger partial charge in [0, 0.05) is 51.7 Å². The molecule has 1 heterocycles. The first-order chi connectivity index (χ1) is 12.7. The molecule has 6 heteroatoms. The molecule has 6 nitrogen and oxygen atoms in total. The molecule has 0 aromatic carbocycles. The van der Waals surface area contributed by atoms with E-state index in [4.69, 9.17) is 0 Å². The smallest absolute Gasteiger partial charge is 0.220 e. The number of rotatable bonds is 7. The number of nitrogens with one attached hydrogen (secondary N) is 3. The van der Waals surface area contributed by atoms with Gasteiger partial charge in [-0.2, -0.15) is 0 Å². The summed E-state index contributed by atoms with van der Waals surface area (Å²) in [6.45, 7) is 3.71. The van der Waals surface area contributed by atoms with Gasteiger partial charge in [-0.1, -0.05) is 25.7 Å². The standard InChI is InChI=1S/C20H37N5O/c1-21-20(23-12-11-22-19(26)14-16-6-2-3-7-16)24-17-10-13-25(15-17)18-8-4-5-9-18/h16-18H,2-15H2,1H3,(H,22,26)(H2,21,23,24). The van der Waals surface area contributed by atoms with E-state index in [1.807, 2.05) is 7.05 Å². The zero-order valence-electron chi connectivity index (χ0n) is 16.4. The SMILES string of the molecule is CN=C(NCCNC(=O)CC1CCCC1)NC1CCN(C2CCCC2)C1. The molecule has 2 aliphatic carbocycles. The average Bonchev–Trinajstić information content (AvgIpc) is 3.39. The predicted molar refractivity (Wildman–Crippen MR) is 106 cm³/mol. The van der Waals surface area contributed by atoms with Crippen LogP contribution in [0.5, 0.6) is 0 Å². The average molecular weight is 364 g/mol. The summed E-state index contributed by atoms with van der Waals surface area (Å²) < 4.78 is 0. The van der Waals surface area contributed by atoms with Crippen molar-refractivity contribution in [2.75, 3.05) is 33.2 Å². The zero-order chi connectivity index (χ0) is 18.2. The van der Waals surface area contributed by atoms with Crippen LogP contribution in [0.15, 0.2) is 4.99 Å². The van der Waals surface area contributed by atoms with E-state index in [1.165, 1.54) is 64.3 Å². The first-order valence-corrected chi connectivity index (χ1v) is 10.7. The molecule has 26 heavy (non-hydrogen) atoms. The Morgan fingerprint density at radius 3 is 2.42 bits per heavy atom. The normalized spacial score (nSPS) is 25.7. The fraction of sp³-hybridized carbons (Fsp3) is 0.900. The number of nitrogens with zero attached hydrogens (tertiary/aromatic N) is 2. The number of carbonyl (C=O) groups excluding carboxylic acids is 1. The number of aliphatic imine (C=N–C) groups is 1. The van der Waals surface area contributed by atoms with Crippen molar-refractivity contribution in [3.63, 3.8) is 0 Å². The lowest BCUT2D eigenvalue weighted by Gasteiger charge is -2.24. The molecule has 0 spiro atoms. The second-order valence-electron chi connectivity index (χ2n) is 8.27. The lowest BCUT2D eigenvalue weighted by molar-refractivity contribution is -0.121. The van der Waals surface area contributed by atoms with Crippen molar-refractivity contribution >= 4 is 11.9 Å². The maximum Gasteiger partial charge on any atom is 0.220 e. The fourth-order valence-electron chi connectivity index (χ4n) is 4.83. The zero-order valence-corrected chi connectivity index (χ0v) is 16.4. The van der Waals surface area contributed by atoms with Gasteiger partial charge in [-0.05, 0) is 38.0 Å². The van der Waals surface area contributed by atoms with Gasteiger partial charge in [-0.15, -0.1) is 0 Å². The highest BCUT2D eigenvalue weighted by Gasteiger charge is 2.30. The monoisotopic (exact) mass is 363 g/mol. The summed E-state index contributed by atoms with van der Waals surface area (Å²) in [5, 5.41) is 9.92. The second-order valence-corrected chi connectivity index (χ2v) is 8.27. The van der Waals surface area contributed by atoms with Gasteiger partial charge >= 0.3 is 0 Å². The number of amides is 1. The van der Waals surface area contributed by atoms with Gasteiger partial charge < -0.3 is 16.0 Å². The maximum atomic E-state index is 12.0. The number of hydrogen-bond donors (Lipinski definition) is 3. The molecule has 0 aromatic rings. The van der Waals surface area contributed by atoms with E-state index in [0.29, 0.717) is 24.9 Å². The Hall–Kier alpha value is -1.30. The third-order valence-corrected chi connectivity index (χ3v) is 6.31. The molecule has 3 fully saturated rings. The van der Waals surface area contributed by atoms with E-state index in [2.05, 4.69) is 25.8 Å². The van der Waals surface area contributed by atoms with Gasteiger partial charge in [0.05, 0.1) is 0 Å². The van der Waals surface area contributed by atoms with E-state index >= 15 is 0 Å². The Morgan fingerprint density at radius 1 is 1.00 bits per heavy atom. The van der Waals surface area contributed by atoms with Crippen molar-refractivity contribution in [2.45, 2.75) is 76.3 Å². The summed E-state index contributed by atoms with van der Waals surface area (Å²) in [4.78, 5) is 19.0. The van der Waals surface area contributed by atoms with Gasteiger partial charge in [0.1, 0.15) is 0 Å². The lowest BCUT2D eigenvalue weighted by Crippen LogP contribution is -2.47. The molecular weight excluding hydrogens is 326 g/mol. The third kappa shape index (κ3) is 5.86. The summed E-state index contributed by atoms with van der Waals surface area (Å²) in [6, 6.07) is 1.30. The number of likely N-dealkylation sites (tertiary alicyclic amines) is 1. The highest BCUT2D eigenvalue weighted by atomic mass is 16.1. The minimum absolute atomic E-state index is 0.199. The number of guanidine groups is 1. The summed E-state index contributed by atoms with van der Waals surface area (Å²) >= 11 is 0. The van der Waals surface area contributed by atoms with Crippen LogP contribution in [-0.2, 0) is 4.79 Å². The third-order valence-electron chi connectivity index (χ3n) is 6.31.